The fourth-order valence-corrected chi connectivity index (χ4v) is 3.58. The largest absolute Gasteiger partial charge is 0.416 e. The number of nitrogens with one attached hydrogen (secondary N) is 1. The zero-order valence-electron chi connectivity index (χ0n) is 15.5. The molecule has 2 nitrogen and oxygen atoms in total. The van der Waals surface area contributed by atoms with Crippen LogP contribution < -0.4 is 5.32 Å². The van der Waals surface area contributed by atoms with Gasteiger partial charge in [0.2, 0.25) is 0 Å². The van der Waals surface area contributed by atoms with Gasteiger partial charge in [-0.1, -0.05) is 23.7 Å². The Morgan fingerprint density at radius 3 is 2.17 bits per heavy atom. The van der Waals surface area contributed by atoms with E-state index in [1.165, 1.54) is 0 Å². The summed E-state index contributed by atoms with van der Waals surface area (Å²) in [6, 6.07) is 8.33. The van der Waals surface area contributed by atoms with Crippen molar-refractivity contribution in [1.29, 1.82) is 0 Å². The van der Waals surface area contributed by atoms with Gasteiger partial charge in [-0.2, -0.15) is 26.3 Å². The molecular formula is C20H19Cl2F6NO. The molecule has 0 amide bonds. The van der Waals surface area contributed by atoms with E-state index in [1.807, 2.05) is 6.07 Å². The van der Waals surface area contributed by atoms with Crippen LogP contribution in [0.25, 0.3) is 0 Å². The van der Waals surface area contributed by atoms with Gasteiger partial charge in [-0.25, -0.2) is 0 Å². The van der Waals surface area contributed by atoms with Crippen LogP contribution >= 0.6 is 24.0 Å². The zero-order chi connectivity index (χ0) is 21.2. The molecule has 2 aromatic carbocycles. The highest BCUT2D eigenvalue weighted by molar-refractivity contribution is 6.30. The van der Waals surface area contributed by atoms with E-state index in [0.29, 0.717) is 23.6 Å². The Labute approximate surface area is 181 Å². The first kappa shape index (κ1) is 24.8. The second-order valence-corrected chi connectivity index (χ2v) is 7.33. The van der Waals surface area contributed by atoms with Crippen LogP contribution in [0.2, 0.25) is 5.02 Å². The van der Waals surface area contributed by atoms with Gasteiger partial charge in [-0.15, -0.1) is 12.4 Å². The molecule has 1 fully saturated rings. The molecular weight excluding hydrogens is 455 g/mol. The van der Waals surface area contributed by atoms with Crippen LogP contribution in [0.15, 0.2) is 42.5 Å². The maximum Gasteiger partial charge on any atom is 0.416 e. The SMILES string of the molecule is Cl.FC(F)(F)c1cc(COC2CCCNC2c2cccc(Cl)c2)cc(C(F)(F)F)c1. The summed E-state index contributed by atoms with van der Waals surface area (Å²) in [6.07, 6.45) is -8.78. The highest BCUT2D eigenvalue weighted by Gasteiger charge is 2.37. The quantitative estimate of drug-likeness (QED) is 0.492. The van der Waals surface area contributed by atoms with Crippen molar-refractivity contribution in [1.82, 2.24) is 5.32 Å². The van der Waals surface area contributed by atoms with Crippen molar-refractivity contribution in [3.05, 3.63) is 69.7 Å². The van der Waals surface area contributed by atoms with Crippen LogP contribution in [-0.4, -0.2) is 12.6 Å². The first-order chi connectivity index (χ1) is 13.5. The van der Waals surface area contributed by atoms with E-state index in [2.05, 4.69) is 5.32 Å². The van der Waals surface area contributed by atoms with Crippen LogP contribution in [0.5, 0.6) is 0 Å². The molecule has 166 valence electrons. The standard InChI is InChI=1S/C20H18ClF6NO.ClH/c21-16-4-1-3-13(9-16)18-17(5-2-6-28-18)29-11-12-7-14(19(22,23)24)10-15(8-12)20(25,26)27;/h1,3-4,7-10,17-18,28H,2,5-6,11H2;1H. The lowest BCUT2D eigenvalue weighted by atomic mass is 9.94. The second-order valence-electron chi connectivity index (χ2n) is 6.89. The smallest absolute Gasteiger partial charge is 0.372 e. The summed E-state index contributed by atoms with van der Waals surface area (Å²) >= 11 is 6.02. The lowest BCUT2D eigenvalue weighted by molar-refractivity contribution is -0.143. The Balaban J connectivity index is 0.00000320. The van der Waals surface area contributed by atoms with Crippen molar-refractivity contribution in [2.45, 2.75) is 43.9 Å². The van der Waals surface area contributed by atoms with Crippen molar-refractivity contribution >= 4 is 24.0 Å². The summed E-state index contributed by atoms with van der Waals surface area (Å²) in [6.45, 7) is 0.356. The normalized spacial score (nSPS) is 20.0. The van der Waals surface area contributed by atoms with Gasteiger partial charge in [0, 0.05) is 5.02 Å². The minimum atomic E-state index is -4.88. The number of hydrogen-bond donors (Lipinski definition) is 1. The van der Waals surface area contributed by atoms with Gasteiger partial charge in [0.15, 0.2) is 0 Å². The third-order valence-electron chi connectivity index (χ3n) is 4.72. The lowest BCUT2D eigenvalue weighted by Gasteiger charge is -2.33. The summed E-state index contributed by atoms with van der Waals surface area (Å²) in [5.41, 5.74) is -2.03. The van der Waals surface area contributed by atoms with E-state index in [0.717, 1.165) is 18.5 Å². The molecule has 30 heavy (non-hydrogen) atoms. The fourth-order valence-electron chi connectivity index (χ4n) is 3.38. The van der Waals surface area contributed by atoms with Crippen molar-refractivity contribution in [2.24, 2.45) is 0 Å². The van der Waals surface area contributed by atoms with Gasteiger partial charge in [0.25, 0.3) is 0 Å². The van der Waals surface area contributed by atoms with Gasteiger partial charge < -0.3 is 10.1 Å². The molecule has 10 heteroatoms. The molecule has 1 saturated heterocycles. The number of hydrogen-bond acceptors (Lipinski definition) is 2. The average Bonchev–Trinajstić information content (AvgIpc) is 2.65. The summed E-state index contributed by atoms with van der Waals surface area (Å²) in [4.78, 5) is 0. The third kappa shape index (κ3) is 6.26. The van der Waals surface area contributed by atoms with E-state index >= 15 is 0 Å². The highest BCUT2D eigenvalue weighted by Crippen LogP contribution is 2.37. The number of piperidine rings is 1. The minimum Gasteiger partial charge on any atom is -0.372 e. The molecule has 1 aliphatic rings. The molecule has 0 aliphatic carbocycles. The topological polar surface area (TPSA) is 21.3 Å². The second kappa shape index (κ2) is 9.77. The van der Waals surface area contributed by atoms with E-state index in [9.17, 15) is 26.3 Å². The van der Waals surface area contributed by atoms with Gasteiger partial charge in [-0.05, 0) is 60.8 Å². The van der Waals surface area contributed by atoms with Crippen molar-refractivity contribution in [3.8, 4) is 0 Å². The molecule has 2 atom stereocenters. The monoisotopic (exact) mass is 473 g/mol. The first-order valence-electron chi connectivity index (χ1n) is 8.93. The lowest BCUT2D eigenvalue weighted by Crippen LogP contribution is -2.39. The van der Waals surface area contributed by atoms with E-state index in [-0.39, 0.29) is 36.7 Å². The Bertz CT molecular complexity index is 824. The van der Waals surface area contributed by atoms with Gasteiger partial charge in [0.05, 0.1) is 29.9 Å². The van der Waals surface area contributed by atoms with Crippen molar-refractivity contribution in [3.63, 3.8) is 0 Å². The Hall–Kier alpha value is -1.48. The molecule has 1 N–H and O–H groups in total. The summed E-state index contributed by atoms with van der Waals surface area (Å²) in [7, 11) is 0. The van der Waals surface area contributed by atoms with E-state index in [1.54, 1.807) is 18.2 Å². The maximum absolute atomic E-state index is 13.0. The van der Waals surface area contributed by atoms with E-state index in [4.69, 9.17) is 16.3 Å². The van der Waals surface area contributed by atoms with Crippen LogP contribution in [0.3, 0.4) is 0 Å². The minimum absolute atomic E-state index is 0. The molecule has 3 rings (SSSR count). The highest BCUT2D eigenvalue weighted by atomic mass is 35.5. The number of benzene rings is 2. The molecule has 0 bridgehead atoms. The maximum atomic E-state index is 13.0. The summed E-state index contributed by atoms with van der Waals surface area (Å²) in [5.74, 6) is 0. The Kier molecular flexibility index (Phi) is 8.07. The summed E-state index contributed by atoms with van der Waals surface area (Å²) in [5, 5.41) is 3.81. The molecule has 0 spiro atoms. The molecule has 2 aromatic rings. The van der Waals surface area contributed by atoms with Crippen LogP contribution in [0.4, 0.5) is 26.3 Å². The predicted octanol–water partition coefficient (Wildman–Crippen LogP) is 6.81. The molecule has 0 saturated carbocycles. The number of rotatable bonds is 4. The number of halogens is 8. The number of alkyl halides is 6. The predicted molar refractivity (Wildman–Crippen MR) is 104 cm³/mol. The van der Waals surface area contributed by atoms with Crippen molar-refractivity contribution < 1.29 is 31.1 Å². The van der Waals surface area contributed by atoms with E-state index < -0.39 is 29.6 Å². The van der Waals surface area contributed by atoms with Gasteiger partial charge in [0.1, 0.15) is 0 Å². The average molecular weight is 474 g/mol. The van der Waals surface area contributed by atoms with Crippen LogP contribution in [0, 0.1) is 0 Å². The van der Waals surface area contributed by atoms with Gasteiger partial charge >= 0.3 is 12.4 Å². The van der Waals surface area contributed by atoms with Crippen LogP contribution in [-0.2, 0) is 23.7 Å². The van der Waals surface area contributed by atoms with Crippen LogP contribution in [0.1, 0.15) is 41.1 Å². The third-order valence-corrected chi connectivity index (χ3v) is 4.96. The molecule has 0 radical (unpaired) electrons. The number of ether oxygens (including phenoxy) is 1. The van der Waals surface area contributed by atoms with Crippen molar-refractivity contribution in [2.75, 3.05) is 6.54 Å². The Morgan fingerprint density at radius 2 is 1.60 bits per heavy atom. The van der Waals surface area contributed by atoms with Gasteiger partial charge in [-0.3, -0.25) is 0 Å². The fraction of sp³-hybridized carbons (Fsp3) is 0.400. The Morgan fingerprint density at radius 1 is 0.967 bits per heavy atom. The molecule has 0 aromatic heterocycles. The molecule has 2 unspecified atom stereocenters. The molecule has 1 heterocycles. The first-order valence-corrected chi connectivity index (χ1v) is 9.30. The zero-order valence-corrected chi connectivity index (χ0v) is 17.1. The summed E-state index contributed by atoms with van der Waals surface area (Å²) < 4.78 is 83.9. The molecule has 1 aliphatic heterocycles.